The van der Waals surface area contributed by atoms with Crippen molar-refractivity contribution in [1.29, 1.82) is 0 Å². The first-order valence-electron chi connectivity index (χ1n) is 6.78. The lowest BCUT2D eigenvalue weighted by atomic mass is 10.0. The second-order valence-electron chi connectivity index (χ2n) is 5.03. The van der Waals surface area contributed by atoms with Gasteiger partial charge in [-0.1, -0.05) is 6.08 Å². The Labute approximate surface area is 137 Å². The van der Waals surface area contributed by atoms with Crippen LogP contribution in [-0.2, 0) is 4.79 Å². The van der Waals surface area contributed by atoms with Crippen molar-refractivity contribution in [3.63, 3.8) is 0 Å². The molecule has 1 aromatic rings. The van der Waals surface area contributed by atoms with Gasteiger partial charge in [-0.3, -0.25) is 9.98 Å². The number of hydrogen-bond donors (Lipinski definition) is 2. The molecule has 4 rings (SSSR count). The van der Waals surface area contributed by atoms with Gasteiger partial charge in [0.2, 0.25) is 0 Å². The highest BCUT2D eigenvalue weighted by atomic mass is 35.5. The molecule has 2 N–H and O–H groups in total. The Hall–Kier alpha value is -2.92. The summed E-state index contributed by atoms with van der Waals surface area (Å²) in [5.74, 6) is -0.959. The maximum atomic E-state index is 11.1. The quantitative estimate of drug-likeness (QED) is 0.823. The van der Waals surface area contributed by atoms with Gasteiger partial charge in [-0.25, -0.2) is 4.79 Å². The first-order chi connectivity index (χ1) is 10.7. The number of halogens is 1. The fourth-order valence-electron chi connectivity index (χ4n) is 2.62. The van der Waals surface area contributed by atoms with Gasteiger partial charge in [0.1, 0.15) is 0 Å². The highest BCUT2D eigenvalue weighted by Gasteiger charge is 2.16. The van der Waals surface area contributed by atoms with Crippen LogP contribution in [0.5, 0.6) is 0 Å². The average Bonchev–Trinajstić information content (AvgIpc) is 2.95. The molecule has 5 nitrogen and oxygen atoms in total. The van der Waals surface area contributed by atoms with Crippen molar-refractivity contribution < 1.29 is 9.90 Å². The first-order valence-corrected chi connectivity index (χ1v) is 6.78. The third-order valence-corrected chi connectivity index (χ3v) is 3.68. The number of nitrogens with zero attached hydrogens (tertiary/aromatic N) is 2. The minimum atomic E-state index is -0.959. The van der Waals surface area contributed by atoms with Crippen molar-refractivity contribution in [1.82, 2.24) is 5.32 Å². The summed E-state index contributed by atoms with van der Waals surface area (Å²) in [5, 5.41) is 14.1. The molecular weight excluding hydrogens is 314 g/mol. The summed E-state index contributed by atoms with van der Waals surface area (Å²) in [6.45, 7) is 0. The van der Waals surface area contributed by atoms with E-state index in [1.807, 2.05) is 24.3 Å². The lowest BCUT2D eigenvalue weighted by Gasteiger charge is -2.17. The van der Waals surface area contributed by atoms with E-state index in [-0.39, 0.29) is 18.0 Å². The van der Waals surface area contributed by atoms with Crippen LogP contribution in [0.4, 0.5) is 5.69 Å². The van der Waals surface area contributed by atoms with Crippen LogP contribution >= 0.6 is 12.4 Å². The van der Waals surface area contributed by atoms with Gasteiger partial charge in [0.05, 0.1) is 22.3 Å². The maximum Gasteiger partial charge on any atom is 0.337 e. The van der Waals surface area contributed by atoms with Gasteiger partial charge >= 0.3 is 5.97 Å². The Morgan fingerprint density at radius 2 is 2.09 bits per heavy atom. The Morgan fingerprint density at radius 3 is 2.91 bits per heavy atom. The fourth-order valence-corrected chi connectivity index (χ4v) is 2.62. The van der Waals surface area contributed by atoms with Crippen molar-refractivity contribution in [3.05, 3.63) is 70.0 Å². The number of rotatable bonds is 1. The Morgan fingerprint density at radius 1 is 1.22 bits per heavy atom. The first kappa shape index (κ1) is 15.0. The largest absolute Gasteiger partial charge is 0.478 e. The predicted molar refractivity (Wildman–Crippen MR) is 91.1 cm³/mol. The molecule has 3 heterocycles. The summed E-state index contributed by atoms with van der Waals surface area (Å²) in [5.41, 5.74) is 3.71. The third-order valence-electron chi connectivity index (χ3n) is 3.68. The van der Waals surface area contributed by atoms with Crippen LogP contribution in [-0.4, -0.2) is 17.3 Å². The van der Waals surface area contributed by atoms with E-state index in [1.54, 1.807) is 24.6 Å². The highest BCUT2D eigenvalue weighted by Crippen LogP contribution is 2.20. The Balaban J connectivity index is 0.00000156. The van der Waals surface area contributed by atoms with Crippen LogP contribution in [0.15, 0.2) is 63.9 Å². The number of benzene rings is 1. The molecule has 0 saturated heterocycles. The SMILES string of the molecule is Cl.O=C(O)C1=CN/C2=c3\cc4c(cc3/N=C\C=C/C2=C1)=NC=C4. The number of aliphatic imine (C=N–C) groups is 1. The second kappa shape index (κ2) is 5.70. The van der Waals surface area contributed by atoms with Crippen LogP contribution in [0.25, 0.3) is 11.8 Å². The zero-order valence-electron chi connectivity index (χ0n) is 11.9. The van der Waals surface area contributed by atoms with E-state index >= 15 is 0 Å². The van der Waals surface area contributed by atoms with Crippen LogP contribution in [0.1, 0.15) is 5.56 Å². The summed E-state index contributed by atoms with van der Waals surface area (Å²) in [6, 6.07) is 3.95. The Kier molecular flexibility index (Phi) is 3.72. The van der Waals surface area contributed by atoms with Crippen molar-refractivity contribution in [3.8, 4) is 0 Å². The zero-order valence-corrected chi connectivity index (χ0v) is 12.7. The van der Waals surface area contributed by atoms with E-state index in [1.165, 1.54) is 6.20 Å². The number of dihydropyridines is 1. The highest BCUT2D eigenvalue weighted by molar-refractivity contribution is 5.94. The molecule has 0 saturated carbocycles. The predicted octanol–water partition coefficient (Wildman–Crippen LogP) is 1.59. The van der Waals surface area contributed by atoms with Crippen LogP contribution < -0.4 is 15.9 Å². The zero-order chi connectivity index (χ0) is 15.1. The molecule has 0 aliphatic carbocycles. The number of carboxylic acid groups (broad SMARTS) is 1. The van der Waals surface area contributed by atoms with Crippen molar-refractivity contribution in [2.45, 2.75) is 0 Å². The third kappa shape index (κ3) is 2.51. The molecule has 0 unspecified atom stereocenters. The number of carbonyl (C=O) groups is 1. The standard InChI is InChI=1S/C17H11N3O2.ClH/c21-17(22)12-6-11-2-1-4-18-15-8-14-10(3-5-19-14)7-13(15)16(11)20-9-12;/h1-9,20H,(H,21,22);1H/b2-1-,16-13+,18-4-;. The number of aliphatic carboxylic acids is 1. The van der Waals surface area contributed by atoms with Crippen LogP contribution in [0.3, 0.4) is 0 Å². The Bertz CT molecular complexity index is 982. The number of nitrogens with one attached hydrogen (secondary N) is 1. The lowest BCUT2D eigenvalue weighted by Crippen LogP contribution is -2.24. The molecule has 3 aliphatic heterocycles. The minimum absolute atomic E-state index is 0. The molecule has 0 spiro atoms. The van der Waals surface area contributed by atoms with Crippen LogP contribution in [0, 0.1) is 0 Å². The molecule has 0 atom stereocenters. The van der Waals surface area contributed by atoms with Crippen molar-refractivity contribution in [2.75, 3.05) is 0 Å². The van der Waals surface area contributed by atoms with E-state index in [9.17, 15) is 4.79 Å². The second-order valence-corrected chi connectivity index (χ2v) is 5.03. The molecule has 0 radical (unpaired) electrons. The van der Waals surface area contributed by atoms with Crippen molar-refractivity contribution >= 4 is 42.1 Å². The van der Waals surface area contributed by atoms with Gasteiger partial charge in [-0.05, 0) is 35.9 Å². The average molecular weight is 326 g/mol. The van der Waals surface area contributed by atoms with Gasteiger partial charge in [-0.2, -0.15) is 0 Å². The van der Waals surface area contributed by atoms with Gasteiger partial charge in [-0.15, -0.1) is 12.4 Å². The molecule has 114 valence electrons. The smallest absolute Gasteiger partial charge is 0.337 e. The molecule has 0 fully saturated rings. The van der Waals surface area contributed by atoms with Crippen LogP contribution in [0.2, 0.25) is 0 Å². The molecular formula is C17H12ClN3O2. The monoisotopic (exact) mass is 325 g/mol. The molecule has 3 aliphatic rings. The number of fused-ring (bicyclic) bond motifs is 3. The molecule has 0 amide bonds. The summed E-state index contributed by atoms with van der Waals surface area (Å²) in [6.07, 6.45) is 12.2. The fraction of sp³-hybridized carbons (Fsp3) is 0. The summed E-state index contributed by atoms with van der Waals surface area (Å²) in [4.78, 5) is 19.9. The van der Waals surface area contributed by atoms with Gasteiger partial charge in [0.15, 0.2) is 0 Å². The molecule has 0 aromatic heterocycles. The number of carboxylic acids is 1. The van der Waals surface area contributed by atoms with Crippen molar-refractivity contribution in [2.24, 2.45) is 9.98 Å². The molecule has 6 heteroatoms. The van der Waals surface area contributed by atoms with Gasteiger partial charge < -0.3 is 10.4 Å². The van der Waals surface area contributed by atoms with E-state index in [0.29, 0.717) is 0 Å². The summed E-state index contributed by atoms with van der Waals surface area (Å²) in [7, 11) is 0. The molecule has 23 heavy (non-hydrogen) atoms. The maximum absolute atomic E-state index is 11.1. The van der Waals surface area contributed by atoms with E-state index in [4.69, 9.17) is 5.11 Å². The molecule has 0 bridgehead atoms. The van der Waals surface area contributed by atoms with E-state index in [2.05, 4.69) is 15.3 Å². The number of hydrogen-bond acceptors (Lipinski definition) is 4. The molecule has 1 aromatic carbocycles. The van der Waals surface area contributed by atoms with E-state index < -0.39 is 5.97 Å². The summed E-state index contributed by atoms with van der Waals surface area (Å²) >= 11 is 0. The lowest BCUT2D eigenvalue weighted by molar-refractivity contribution is -0.132. The van der Waals surface area contributed by atoms with Gasteiger partial charge in [0.25, 0.3) is 0 Å². The normalized spacial score (nSPS) is 21.6. The topological polar surface area (TPSA) is 74.0 Å². The minimum Gasteiger partial charge on any atom is -0.478 e. The summed E-state index contributed by atoms with van der Waals surface area (Å²) < 4.78 is 0. The van der Waals surface area contributed by atoms with Gasteiger partial charge in [0, 0.05) is 29.4 Å². The van der Waals surface area contributed by atoms with E-state index in [0.717, 1.165) is 33.1 Å². The number of allylic oxidation sites excluding steroid dienone is 1.